The number of amidine groups is 1. The van der Waals surface area contributed by atoms with E-state index in [-0.39, 0.29) is 5.84 Å². The van der Waals surface area contributed by atoms with Gasteiger partial charge in [-0.1, -0.05) is 0 Å². The second-order valence-electron chi connectivity index (χ2n) is 4.47. The molecule has 1 aromatic carbocycles. The Morgan fingerprint density at radius 1 is 0.905 bits per heavy atom. The Kier molecular flexibility index (Phi) is 3.77. The lowest BCUT2D eigenvalue weighted by Gasteiger charge is -2.00. The topological polar surface area (TPSA) is 59.1 Å². The average molecular weight is 314 g/mol. The van der Waals surface area contributed by atoms with Gasteiger partial charge in [0.2, 0.25) is 0 Å². The summed E-state index contributed by atoms with van der Waals surface area (Å²) in [6.45, 7) is 0. The summed E-state index contributed by atoms with van der Waals surface area (Å²) in [6, 6.07) is 16.2. The molecule has 0 bridgehead atoms. The van der Waals surface area contributed by atoms with Crippen molar-refractivity contribution in [1.82, 2.24) is 0 Å². The van der Waals surface area contributed by atoms with Crippen molar-refractivity contribution in [3.63, 3.8) is 0 Å². The summed E-state index contributed by atoms with van der Waals surface area (Å²) in [5.74, 6) is 0.984. The van der Waals surface area contributed by atoms with Gasteiger partial charge >= 0.3 is 0 Å². The molecule has 3 rings (SSSR count). The monoisotopic (exact) mass is 314 g/mol. The minimum Gasteiger partial charge on any atom is -0.497 e. The summed E-state index contributed by atoms with van der Waals surface area (Å²) in [5, 5.41) is 7.47. The number of rotatable bonds is 4. The fourth-order valence-electron chi connectivity index (χ4n) is 2.00. The van der Waals surface area contributed by atoms with Crippen molar-refractivity contribution in [3.8, 4) is 25.9 Å². The molecule has 0 aliphatic heterocycles. The molecule has 2 aromatic heterocycles. The second kappa shape index (κ2) is 5.71. The highest BCUT2D eigenvalue weighted by atomic mass is 32.1. The fourth-order valence-corrected chi connectivity index (χ4v) is 3.97. The van der Waals surface area contributed by atoms with Gasteiger partial charge in [0.15, 0.2) is 0 Å². The minimum absolute atomic E-state index is 0.123. The molecule has 0 saturated heterocycles. The summed E-state index contributed by atoms with van der Waals surface area (Å²) in [7, 11) is 1.67. The molecule has 0 radical (unpaired) electrons. The number of hydrogen-bond donors (Lipinski definition) is 2. The van der Waals surface area contributed by atoms with E-state index < -0.39 is 0 Å². The van der Waals surface area contributed by atoms with Crippen LogP contribution in [0.3, 0.4) is 0 Å². The largest absolute Gasteiger partial charge is 0.497 e. The highest BCUT2D eigenvalue weighted by molar-refractivity contribution is 7.24. The molecule has 5 heteroatoms. The first-order valence-electron chi connectivity index (χ1n) is 6.36. The molecule has 0 aliphatic carbocycles. The van der Waals surface area contributed by atoms with Crippen molar-refractivity contribution < 1.29 is 4.74 Å². The molecule has 106 valence electrons. The van der Waals surface area contributed by atoms with E-state index in [0.29, 0.717) is 0 Å². The van der Waals surface area contributed by atoms with Crippen molar-refractivity contribution >= 4 is 28.5 Å². The molecule has 3 N–H and O–H groups in total. The Labute approximate surface area is 131 Å². The molecule has 3 nitrogen and oxygen atoms in total. The van der Waals surface area contributed by atoms with Crippen LogP contribution in [0.1, 0.15) is 4.88 Å². The first kappa shape index (κ1) is 13.9. The highest BCUT2D eigenvalue weighted by Gasteiger charge is 2.09. The number of benzene rings is 1. The quantitative estimate of drug-likeness (QED) is 0.552. The van der Waals surface area contributed by atoms with Crippen LogP contribution in [0.2, 0.25) is 0 Å². The molecule has 0 atom stereocenters. The predicted molar refractivity (Wildman–Crippen MR) is 90.6 cm³/mol. The van der Waals surface area contributed by atoms with Crippen molar-refractivity contribution in [2.45, 2.75) is 0 Å². The number of nitrogens with one attached hydrogen (secondary N) is 1. The maximum Gasteiger partial charge on any atom is 0.133 e. The van der Waals surface area contributed by atoms with E-state index in [1.165, 1.54) is 15.3 Å². The Balaban J connectivity index is 1.89. The van der Waals surface area contributed by atoms with Crippen molar-refractivity contribution in [3.05, 3.63) is 53.4 Å². The molecule has 0 unspecified atom stereocenters. The lowest BCUT2D eigenvalue weighted by Crippen LogP contribution is -2.08. The number of ether oxygens (including phenoxy) is 1. The van der Waals surface area contributed by atoms with Gasteiger partial charge in [-0.05, 0) is 54.1 Å². The number of nitrogen functional groups attached to an aromatic ring is 1. The fraction of sp³-hybridized carbons (Fsp3) is 0.0625. The maximum absolute atomic E-state index is 7.47. The van der Waals surface area contributed by atoms with Gasteiger partial charge < -0.3 is 10.5 Å². The van der Waals surface area contributed by atoms with Gasteiger partial charge in [-0.15, -0.1) is 22.7 Å². The smallest absolute Gasteiger partial charge is 0.133 e. The zero-order valence-corrected chi connectivity index (χ0v) is 13.1. The summed E-state index contributed by atoms with van der Waals surface area (Å²) in [5.41, 5.74) is 6.69. The van der Waals surface area contributed by atoms with Crippen LogP contribution in [-0.4, -0.2) is 12.9 Å². The Morgan fingerprint density at radius 3 is 2.14 bits per heavy atom. The lowest BCUT2D eigenvalue weighted by atomic mass is 10.2. The van der Waals surface area contributed by atoms with Crippen molar-refractivity contribution in [1.29, 1.82) is 5.41 Å². The number of hydrogen-bond acceptors (Lipinski definition) is 4. The van der Waals surface area contributed by atoms with E-state index in [0.717, 1.165) is 15.5 Å². The number of nitrogens with two attached hydrogens (primary N) is 1. The van der Waals surface area contributed by atoms with Crippen LogP contribution in [0.4, 0.5) is 0 Å². The van der Waals surface area contributed by atoms with Gasteiger partial charge in [0.05, 0.1) is 12.0 Å². The van der Waals surface area contributed by atoms with Gasteiger partial charge in [-0.25, -0.2) is 0 Å². The maximum atomic E-state index is 7.47. The molecule has 0 spiro atoms. The SMILES string of the molecule is COc1ccc(-c2ccc(-c3ccc(C(=N)N)s3)s2)cc1. The first-order chi connectivity index (χ1) is 10.2. The third kappa shape index (κ3) is 2.84. The summed E-state index contributed by atoms with van der Waals surface area (Å²) in [4.78, 5) is 4.36. The summed E-state index contributed by atoms with van der Waals surface area (Å²) >= 11 is 3.29. The summed E-state index contributed by atoms with van der Waals surface area (Å²) < 4.78 is 5.18. The van der Waals surface area contributed by atoms with Gasteiger partial charge in [0, 0.05) is 14.6 Å². The molecule has 3 aromatic rings. The number of thiophene rings is 2. The minimum atomic E-state index is 0.123. The predicted octanol–water partition coefficient (Wildman–Crippen LogP) is 4.44. The van der Waals surface area contributed by atoms with Gasteiger partial charge in [-0.2, -0.15) is 0 Å². The van der Waals surface area contributed by atoms with Crippen LogP contribution in [0.25, 0.3) is 20.2 Å². The van der Waals surface area contributed by atoms with Crippen LogP contribution in [0, 0.1) is 5.41 Å². The molecule has 0 fully saturated rings. The average Bonchev–Trinajstić information content (AvgIpc) is 3.16. The normalized spacial score (nSPS) is 10.5. The standard InChI is InChI=1S/C16H14N2OS2/c1-19-11-4-2-10(3-5-11)12-6-7-13(20-12)14-8-9-15(21-14)16(17)18/h2-9H,1H3,(H3,17,18). The van der Waals surface area contributed by atoms with E-state index in [1.54, 1.807) is 29.8 Å². The zero-order valence-electron chi connectivity index (χ0n) is 11.4. The Morgan fingerprint density at radius 2 is 1.52 bits per heavy atom. The van der Waals surface area contributed by atoms with Crippen molar-refractivity contribution in [2.24, 2.45) is 5.73 Å². The lowest BCUT2D eigenvalue weighted by molar-refractivity contribution is 0.415. The molecule has 2 heterocycles. The van der Waals surface area contributed by atoms with Crippen molar-refractivity contribution in [2.75, 3.05) is 7.11 Å². The van der Waals surface area contributed by atoms with Crippen LogP contribution < -0.4 is 10.5 Å². The van der Waals surface area contributed by atoms with Crippen LogP contribution in [0.15, 0.2) is 48.5 Å². The van der Waals surface area contributed by atoms with E-state index in [1.807, 2.05) is 24.3 Å². The number of methoxy groups -OCH3 is 1. The molecule has 0 saturated carbocycles. The van der Waals surface area contributed by atoms with E-state index >= 15 is 0 Å². The first-order valence-corrected chi connectivity index (χ1v) is 7.99. The van der Waals surface area contributed by atoms with Crippen LogP contribution in [-0.2, 0) is 0 Å². The molecular weight excluding hydrogens is 300 g/mol. The van der Waals surface area contributed by atoms with E-state index in [4.69, 9.17) is 15.9 Å². The van der Waals surface area contributed by atoms with Crippen LogP contribution >= 0.6 is 22.7 Å². The molecule has 21 heavy (non-hydrogen) atoms. The van der Waals surface area contributed by atoms with Gasteiger partial charge in [0.1, 0.15) is 11.6 Å². The highest BCUT2D eigenvalue weighted by Crippen LogP contribution is 2.37. The zero-order chi connectivity index (χ0) is 14.8. The van der Waals surface area contributed by atoms with E-state index in [2.05, 4.69) is 24.3 Å². The Hall–Kier alpha value is -2.11. The third-order valence-corrected chi connectivity index (χ3v) is 5.54. The van der Waals surface area contributed by atoms with Gasteiger partial charge in [-0.3, -0.25) is 5.41 Å². The molecular formula is C16H14N2OS2. The van der Waals surface area contributed by atoms with Crippen LogP contribution in [0.5, 0.6) is 5.75 Å². The molecule has 0 aliphatic rings. The second-order valence-corrected chi connectivity index (χ2v) is 6.64. The van der Waals surface area contributed by atoms with Gasteiger partial charge in [0.25, 0.3) is 0 Å². The molecule has 0 amide bonds. The summed E-state index contributed by atoms with van der Waals surface area (Å²) in [6.07, 6.45) is 0. The van der Waals surface area contributed by atoms with E-state index in [9.17, 15) is 0 Å². The Bertz CT molecular complexity index is 772. The third-order valence-electron chi connectivity index (χ3n) is 3.09.